The number of aliphatic hydroxyl groups excluding tert-OH is 5. The summed E-state index contributed by atoms with van der Waals surface area (Å²) in [6, 6.07) is 0. The molecule has 428 valence electrons. The highest BCUT2D eigenvalue weighted by molar-refractivity contribution is 5.75. The minimum atomic E-state index is -1.49. The van der Waals surface area contributed by atoms with E-state index >= 15 is 0 Å². The lowest BCUT2D eigenvalue weighted by Gasteiger charge is -2.39. The van der Waals surface area contributed by atoms with Crippen LogP contribution in [0, 0.1) is 11.8 Å². The lowest BCUT2D eigenvalue weighted by atomic mass is 9.78. The standard InChI is InChI=1S/C57H112N2O13/c1-3-5-7-9-11-13-18-24-33-50(49(32-23-17-10-8-6-4-2)34-25-19-14-12-15-21-29-39-60)35-26-20-16-22-30-40-67-41-31-42-71-57(66)59-37-28-27-36-52(62)58-38-43-68-44-45-69-46-47-70-56-55(65)54(64)53(63)51(48-61)72-56/h49-51,53-56,60-61,63-65H,3-48H2,1-2H3,(H,58,62)(H,59,66)/t49?,50?,51?,53-,54?,55?,56?/m1/s1. The van der Waals surface area contributed by atoms with Gasteiger partial charge in [-0.05, 0) is 37.5 Å². The first kappa shape index (κ1) is 68.4. The van der Waals surface area contributed by atoms with Crippen LogP contribution in [-0.4, -0.2) is 147 Å². The molecule has 0 aromatic carbocycles. The molecule has 0 spiro atoms. The number of hydrogen-bond donors (Lipinski definition) is 7. The number of nitrogens with one attached hydrogen (secondary N) is 2. The molecule has 0 radical (unpaired) electrons. The number of carbonyl (C=O) groups excluding carboxylic acids is 2. The van der Waals surface area contributed by atoms with Crippen LogP contribution < -0.4 is 10.6 Å². The summed E-state index contributed by atoms with van der Waals surface area (Å²) in [5.74, 6) is 1.70. The van der Waals surface area contributed by atoms with Gasteiger partial charge in [-0.1, -0.05) is 194 Å². The molecule has 1 rings (SSSR count). The first-order valence-corrected chi connectivity index (χ1v) is 29.7. The minimum Gasteiger partial charge on any atom is -0.449 e. The molecule has 0 bridgehead atoms. The van der Waals surface area contributed by atoms with Crippen molar-refractivity contribution in [1.29, 1.82) is 0 Å². The normalized spacial score (nSPS) is 18.8. The van der Waals surface area contributed by atoms with E-state index in [4.69, 9.17) is 33.5 Å². The van der Waals surface area contributed by atoms with Crippen LogP contribution in [0.4, 0.5) is 4.79 Å². The Bertz CT molecular complexity index is 1170. The van der Waals surface area contributed by atoms with Crippen molar-refractivity contribution in [2.24, 2.45) is 11.8 Å². The Kier molecular flexibility index (Phi) is 48.8. The minimum absolute atomic E-state index is 0.0573. The quantitative estimate of drug-likeness (QED) is 0.0283. The number of amides is 2. The number of aliphatic hydroxyl groups is 5. The van der Waals surface area contributed by atoms with Crippen molar-refractivity contribution in [2.75, 3.05) is 79.2 Å². The molecule has 7 N–H and O–H groups in total. The lowest BCUT2D eigenvalue weighted by molar-refractivity contribution is -0.302. The van der Waals surface area contributed by atoms with E-state index in [1.54, 1.807) is 0 Å². The predicted octanol–water partition coefficient (Wildman–Crippen LogP) is 10.2. The molecule has 1 fully saturated rings. The lowest BCUT2D eigenvalue weighted by Crippen LogP contribution is -2.59. The molecular weight excluding hydrogens is 921 g/mol. The first-order chi connectivity index (χ1) is 35.3. The maximum atomic E-state index is 12.1. The van der Waals surface area contributed by atoms with Crippen molar-refractivity contribution < 1.29 is 63.5 Å². The third-order valence-electron chi connectivity index (χ3n) is 14.2. The van der Waals surface area contributed by atoms with Gasteiger partial charge in [-0.15, -0.1) is 0 Å². The van der Waals surface area contributed by atoms with Crippen LogP contribution in [0.25, 0.3) is 0 Å². The first-order valence-electron chi connectivity index (χ1n) is 29.7. The van der Waals surface area contributed by atoms with Crippen molar-refractivity contribution in [3.63, 3.8) is 0 Å². The third kappa shape index (κ3) is 39.7. The van der Waals surface area contributed by atoms with Gasteiger partial charge in [-0.3, -0.25) is 4.79 Å². The van der Waals surface area contributed by atoms with E-state index in [2.05, 4.69) is 24.5 Å². The van der Waals surface area contributed by atoms with Gasteiger partial charge in [0.05, 0.1) is 46.2 Å². The van der Waals surface area contributed by atoms with Gasteiger partial charge < -0.3 is 64.6 Å². The van der Waals surface area contributed by atoms with Gasteiger partial charge in [0.1, 0.15) is 24.4 Å². The number of carbonyl (C=O) groups is 2. The fraction of sp³-hybridized carbons (Fsp3) is 0.965. The summed E-state index contributed by atoms with van der Waals surface area (Å²) < 4.78 is 32.7. The molecule has 15 heteroatoms. The van der Waals surface area contributed by atoms with Gasteiger partial charge in [0, 0.05) is 45.8 Å². The Morgan fingerprint density at radius 1 is 0.458 bits per heavy atom. The van der Waals surface area contributed by atoms with Crippen molar-refractivity contribution in [3.05, 3.63) is 0 Å². The van der Waals surface area contributed by atoms with Gasteiger partial charge in [-0.2, -0.15) is 0 Å². The Morgan fingerprint density at radius 2 is 0.931 bits per heavy atom. The second-order valence-electron chi connectivity index (χ2n) is 20.5. The van der Waals surface area contributed by atoms with Gasteiger partial charge in [0.15, 0.2) is 6.29 Å². The molecule has 72 heavy (non-hydrogen) atoms. The van der Waals surface area contributed by atoms with Crippen molar-refractivity contribution in [1.82, 2.24) is 10.6 Å². The van der Waals surface area contributed by atoms with Gasteiger partial charge in [0.25, 0.3) is 0 Å². The number of ether oxygens (including phenoxy) is 6. The van der Waals surface area contributed by atoms with Gasteiger partial charge in [-0.25, -0.2) is 4.79 Å². The summed E-state index contributed by atoms with van der Waals surface area (Å²) in [7, 11) is 0. The number of rotatable bonds is 54. The maximum absolute atomic E-state index is 12.1. The Morgan fingerprint density at radius 3 is 1.47 bits per heavy atom. The average Bonchev–Trinajstić information content (AvgIpc) is 3.38. The molecule has 0 aliphatic carbocycles. The Labute approximate surface area is 438 Å². The van der Waals surface area contributed by atoms with Crippen LogP contribution >= 0.6 is 0 Å². The van der Waals surface area contributed by atoms with E-state index in [1.807, 2.05) is 0 Å². The number of alkyl carbamates (subject to hydrolysis) is 1. The van der Waals surface area contributed by atoms with Crippen LogP contribution in [0.1, 0.15) is 232 Å². The Hall–Kier alpha value is -1.66. The molecule has 2 amide bonds. The molecule has 1 heterocycles. The van der Waals surface area contributed by atoms with E-state index in [1.165, 1.54) is 180 Å². The summed E-state index contributed by atoms with van der Waals surface area (Å²) in [5.41, 5.74) is 0. The van der Waals surface area contributed by atoms with Gasteiger partial charge in [0.2, 0.25) is 5.91 Å². The molecule has 0 aromatic heterocycles. The largest absolute Gasteiger partial charge is 0.449 e. The van der Waals surface area contributed by atoms with Crippen molar-refractivity contribution >= 4 is 12.0 Å². The summed E-state index contributed by atoms with van der Waals surface area (Å²) >= 11 is 0. The SMILES string of the molecule is CCCCCCCCCCC(CCCCCCCOCCCOC(=O)NCCCCC(=O)NCCOCCOCCOC1OC(CO)[C@@H](O)C(O)C1O)C(CCCCCCCC)CCCCCCCCCO. The van der Waals surface area contributed by atoms with E-state index in [9.17, 15) is 30.0 Å². The summed E-state index contributed by atoms with van der Waals surface area (Å²) in [4.78, 5) is 24.2. The second kappa shape index (κ2) is 51.4. The van der Waals surface area contributed by atoms with Gasteiger partial charge >= 0.3 is 6.09 Å². The fourth-order valence-electron chi connectivity index (χ4n) is 9.68. The number of unbranched alkanes of at least 4 members (excludes halogenated alkanes) is 23. The second-order valence-corrected chi connectivity index (χ2v) is 20.5. The Balaban J connectivity index is 2.14. The fourth-order valence-corrected chi connectivity index (χ4v) is 9.68. The number of hydrogen-bond acceptors (Lipinski definition) is 13. The third-order valence-corrected chi connectivity index (χ3v) is 14.2. The van der Waals surface area contributed by atoms with E-state index in [-0.39, 0.29) is 25.7 Å². The molecule has 7 atom stereocenters. The smallest absolute Gasteiger partial charge is 0.407 e. The van der Waals surface area contributed by atoms with Crippen LogP contribution in [0.2, 0.25) is 0 Å². The predicted molar refractivity (Wildman–Crippen MR) is 287 cm³/mol. The topological polar surface area (TPSA) is 215 Å². The zero-order valence-electron chi connectivity index (χ0n) is 46.1. The highest BCUT2D eigenvalue weighted by atomic mass is 16.7. The highest BCUT2D eigenvalue weighted by Crippen LogP contribution is 2.34. The van der Waals surface area contributed by atoms with E-state index in [0.717, 1.165) is 31.3 Å². The van der Waals surface area contributed by atoms with Crippen molar-refractivity contribution in [3.8, 4) is 0 Å². The average molecular weight is 1030 g/mol. The van der Waals surface area contributed by atoms with Crippen LogP contribution in [0.5, 0.6) is 0 Å². The molecule has 0 aromatic rings. The molecule has 0 saturated carbocycles. The van der Waals surface area contributed by atoms with E-state index in [0.29, 0.717) is 71.8 Å². The molecule has 6 unspecified atom stereocenters. The molecule has 1 aliphatic heterocycles. The monoisotopic (exact) mass is 1030 g/mol. The maximum Gasteiger partial charge on any atom is 0.407 e. The molecule has 1 saturated heterocycles. The molecule has 15 nitrogen and oxygen atoms in total. The van der Waals surface area contributed by atoms with Crippen LogP contribution in [0.3, 0.4) is 0 Å². The van der Waals surface area contributed by atoms with E-state index < -0.39 is 43.4 Å². The summed E-state index contributed by atoms with van der Waals surface area (Å²) in [6.07, 6.45) is 35.5. The summed E-state index contributed by atoms with van der Waals surface area (Å²) in [6.45, 7) is 8.01. The molecular formula is C57H112N2O13. The van der Waals surface area contributed by atoms with Crippen LogP contribution in [0.15, 0.2) is 0 Å². The van der Waals surface area contributed by atoms with Crippen LogP contribution in [-0.2, 0) is 33.2 Å². The zero-order chi connectivity index (χ0) is 52.4. The highest BCUT2D eigenvalue weighted by Gasteiger charge is 2.44. The summed E-state index contributed by atoms with van der Waals surface area (Å²) in [5, 5.41) is 53.5. The van der Waals surface area contributed by atoms with Crippen molar-refractivity contribution in [2.45, 2.75) is 263 Å². The zero-order valence-corrected chi connectivity index (χ0v) is 46.1. The molecule has 1 aliphatic rings.